The lowest BCUT2D eigenvalue weighted by Crippen LogP contribution is -2.26. The number of rotatable bonds is 4. The lowest BCUT2D eigenvalue weighted by molar-refractivity contribution is -0.140. The molecular weight excluding hydrogens is 198 g/mol. The quantitative estimate of drug-likeness (QED) is 0.693. The molecule has 0 aliphatic rings. The van der Waals surface area contributed by atoms with Gasteiger partial charge in [-0.2, -0.15) is 0 Å². The second kappa shape index (κ2) is 5.69. The molecule has 1 heterocycles. The lowest BCUT2D eigenvalue weighted by atomic mass is 10.3. The van der Waals surface area contributed by atoms with Gasteiger partial charge in [0.25, 0.3) is 5.91 Å². The SMILES string of the molecule is COC(=O)CCNC(=O)c1cncnc1. The standard InChI is InChI=1S/C9H11N3O3/c1-15-8(13)2-3-12-9(14)7-4-10-6-11-5-7/h4-6H,2-3H2,1H3,(H,12,14). The molecule has 1 rings (SSSR count). The molecule has 0 bridgehead atoms. The first-order valence-electron chi connectivity index (χ1n) is 4.34. The van der Waals surface area contributed by atoms with Crippen LogP contribution in [0.25, 0.3) is 0 Å². The molecule has 0 unspecified atom stereocenters. The molecule has 0 radical (unpaired) electrons. The molecule has 0 aromatic carbocycles. The minimum atomic E-state index is -0.361. The third-order valence-electron chi connectivity index (χ3n) is 1.67. The molecule has 0 atom stereocenters. The fourth-order valence-electron chi connectivity index (χ4n) is 0.899. The number of carbonyl (C=O) groups excluding carboxylic acids is 2. The summed E-state index contributed by atoms with van der Waals surface area (Å²) in [6.45, 7) is 0.237. The van der Waals surface area contributed by atoms with Crippen LogP contribution in [0.5, 0.6) is 0 Å². The van der Waals surface area contributed by atoms with Gasteiger partial charge in [-0.25, -0.2) is 9.97 Å². The van der Waals surface area contributed by atoms with Crippen molar-refractivity contribution in [3.05, 3.63) is 24.3 Å². The summed E-state index contributed by atoms with van der Waals surface area (Å²) in [7, 11) is 1.30. The number of nitrogens with zero attached hydrogens (tertiary/aromatic N) is 2. The average molecular weight is 209 g/mol. The average Bonchev–Trinajstić information content (AvgIpc) is 2.29. The Bertz CT molecular complexity index is 340. The summed E-state index contributed by atoms with van der Waals surface area (Å²) in [5.74, 6) is -0.667. The Labute approximate surface area is 86.7 Å². The van der Waals surface area contributed by atoms with Gasteiger partial charge in [0.15, 0.2) is 0 Å². The van der Waals surface area contributed by atoms with E-state index in [-0.39, 0.29) is 24.8 Å². The zero-order valence-electron chi connectivity index (χ0n) is 8.27. The molecule has 0 spiro atoms. The number of nitrogens with one attached hydrogen (secondary N) is 1. The van der Waals surface area contributed by atoms with Crippen LogP contribution in [0.3, 0.4) is 0 Å². The van der Waals surface area contributed by atoms with E-state index >= 15 is 0 Å². The van der Waals surface area contributed by atoms with E-state index in [0.29, 0.717) is 5.56 Å². The molecule has 15 heavy (non-hydrogen) atoms. The smallest absolute Gasteiger partial charge is 0.307 e. The highest BCUT2D eigenvalue weighted by atomic mass is 16.5. The predicted molar refractivity (Wildman–Crippen MR) is 51.0 cm³/mol. The topological polar surface area (TPSA) is 81.2 Å². The van der Waals surface area contributed by atoms with E-state index in [1.165, 1.54) is 25.8 Å². The monoisotopic (exact) mass is 209 g/mol. The highest BCUT2D eigenvalue weighted by Gasteiger charge is 2.06. The number of methoxy groups -OCH3 is 1. The number of aromatic nitrogens is 2. The van der Waals surface area contributed by atoms with Crippen LogP contribution in [0.4, 0.5) is 0 Å². The van der Waals surface area contributed by atoms with Gasteiger partial charge in [-0.05, 0) is 0 Å². The Morgan fingerprint density at radius 1 is 1.40 bits per heavy atom. The van der Waals surface area contributed by atoms with Crippen molar-refractivity contribution in [1.29, 1.82) is 0 Å². The molecule has 0 aliphatic heterocycles. The van der Waals surface area contributed by atoms with Crippen molar-refractivity contribution in [2.24, 2.45) is 0 Å². The van der Waals surface area contributed by atoms with E-state index in [0.717, 1.165) is 0 Å². The first kappa shape index (κ1) is 11.1. The van der Waals surface area contributed by atoms with Crippen molar-refractivity contribution in [3.8, 4) is 0 Å². The largest absolute Gasteiger partial charge is 0.469 e. The minimum absolute atomic E-state index is 0.149. The molecule has 80 valence electrons. The van der Waals surface area contributed by atoms with E-state index in [2.05, 4.69) is 20.0 Å². The maximum atomic E-state index is 11.4. The Morgan fingerprint density at radius 2 is 2.07 bits per heavy atom. The first-order valence-corrected chi connectivity index (χ1v) is 4.34. The van der Waals surface area contributed by atoms with Crippen LogP contribution in [0.1, 0.15) is 16.8 Å². The van der Waals surface area contributed by atoms with Gasteiger partial charge < -0.3 is 10.1 Å². The van der Waals surface area contributed by atoms with Crippen LogP contribution in [-0.2, 0) is 9.53 Å². The van der Waals surface area contributed by atoms with E-state index in [1.54, 1.807) is 0 Å². The van der Waals surface area contributed by atoms with Crippen molar-refractivity contribution < 1.29 is 14.3 Å². The molecule has 1 aromatic rings. The highest BCUT2D eigenvalue weighted by Crippen LogP contribution is 1.92. The molecule has 6 nitrogen and oxygen atoms in total. The number of amides is 1. The van der Waals surface area contributed by atoms with E-state index in [1.807, 2.05) is 0 Å². The van der Waals surface area contributed by atoms with E-state index < -0.39 is 0 Å². The van der Waals surface area contributed by atoms with Gasteiger partial charge in [0.2, 0.25) is 0 Å². The van der Waals surface area contributed by atoms with E-state index in [9.17, 15) is 9.59 Å². The Hall–Kier alpha value is -1.98. The van der Waals surface area contributed by atoms with Crippen LogP contribution in [-0.4, -0.2) is 35.5 Å². The second-order valence-corrected chi connectivity index (χ2v) is 2.71. The first-order chi connectivity index (χ1) is 7.24. The number of hydrogen-bond donors (Lipinski definition) is 1. The van der Waals surface area contributed by atoms with Crippen molar-refractivity contribution in [2.75, 3.05) is 13.7 Å². The zero-order valence-corrected chi connectivity index (χ0v) is 8.27. The summed E-state index contributed by atoms with van der Waals surface area (Å²) in [5, 5.41) is 2.54. The van der Waals surface area contributed by atoms with Crippen LogP contribution >= 0.6 is 0 Å². The van der Waals surface area contributed by atoms with Crippen LogP contribution < -0.4 is 5.32 Å². The Kier molecular flexibility index (Phi) is 4.21. The molecule has 0 saturated carbocycles. The summed E-state index contributed by atoms with van der Waals surface area (Å²) in [6, 6.07) is 0. The fourth-order valence-corrected chi connectivity index (χ4v) is 0.899. The second-order valence-electron chi connectivity index (χ2n) is 2.71. The molecule has 1 amide bonds. The van der Waals surface area contributed by atoms with Crippen molar-refractivity contribution in [1.82, 2.24) is 15.3 Å². The molecule has 6 heteroatoms. The highest BCUT2D eigenvalue weighted by molar-refractivity contribution is 5.93. The van der Waals surface area contributed by atoms with Crippen LogP contribution in [0, 0.1) is 0 Å². The van der Waals surface area contributed by atoms with Crippen molar-refractivity contribution in [3.63, 3.8) is 0 Å². The van der Waals surface area contributed by atoms with Crippen LogP contribution in [0.2, 0.25) is 0 Å². The maximum absolute atomic E-state index is 11.4. The summed E-state index contributed by atoms with van der Waals surface area (Å²) in [6.07, 6.45) is 4.29. The summed E-state index contributed by atoms with van der Waals surface area (Å²) < 4.78 is 4.42. The van der Waals surface area contributed by atoms with Gasteiger partial charge >= 0.3 is 5.97 Å². The predicted octanol–water partition coefficient (Wildman–Crippen LogP) is -0.231. The van der Waals surface area contributed by atoms with Gasteiger partial charge in [0, 0.05) is 18.9 Å². The zero-order chi connectivity index (χ0) is 11.1. The third kappa shape index (κ3) is 3.72. The van der Waals surface area contributed by atoms with Gasteiger partial charge in [-0.1, -0.05) is 0 Å². The number of esters is 1. The summed E-state index contributed by atoms with van der Waals surface area (Å²) >= 11 is 0. The van der Waals surface area contributed by atoms with E-state index in [4.69, 9.17) is 0 Å². The molecule has 0 aliphatic carbocycles. The lowest BCUT2D eigenvalue weighted by Gasteiger charge is -2.02. The molecular formula is C9H11N3O3. The summed E-state index contributed by atoms with van der Waals surface area (Å²) in [4.78, 5) is 29.5. The van der Waals surface area contributed by atoms with Gasteiger partial charge in [-0.15, -0.1) is 0 Å². The number of hydrogen-bond acceptors (Lipinski definition) is 5. The fraction of sp³-hybridized carbons (Fsp3) is 0.333. The molecule has 0 fully saturated rings. The van der Waals surface area contributed by atoms with Crippen molar-refractivity contribution >= 4 is 11.9 Å². The van der Waals surface area contributed by atoms with Gasteiger partial charge in [0.05, 0.1) is 19.1 Å². The molecule has 1 aromatic heterocycles. The summed E-state index contributed by atoms with van der Waals surface area (Å²) in [5.41, 5.74) is 0.363. The van der Waals surface area contributed by atoms with Gasteiger partial charge in [0.1, 0.15) is 6.33 Å². The third-order valence-corrected chi connectivity index (χ3v) is 1.67. The molecule has 1 N–H and O–H groups in total. The minimum Gasteiger partial charge on any atom is -0.469 e. The van der Waals surface area contributed by atoms with Gasteiger partial charge in [-0.3, -0.25) is 9.59 Å². The Morgan fingerprint density at radius 3 is 2.67 bits per heavy atom. The van der Waals surface area contributed by atoms with Crippen molar-refractivity contribution in [2.45, 2.75) is 6.42 Å². The number of ether oxygens (including phenoxy) is 1. The number of carbonyl (C=O) groups is 2. The molecule has 0 saturated heterocycles. The van der Waals surface area contributed by atoms with Crippen LogP contribution in [0.15, 0.2) is 18.7 Å². The Balaban J connectivity index is 2.34. The normalized spacial score (nSPS) is 9.40. The maximum Gasteiger partial charge on any atom is 0.307 e.